The average molecular weight is 419 g/mol. The maximum atomic E-state index is 13.9. The lowest BCUT2D eigenvalue weighted by atomic mass is 9.97. The number of ether oxygens (including phenoxy) is 1. The van der Waals surface area contributed by atoms with E-state index in [9.17, 15) is 17.6 Å². The highest BCUT2D eigenvalue weighted by molar-refractivity contribution is 7.88. The summed E-state index contributed by atoms with van der Waals surface area (Å²) in [4.78, 5) is 12.3. The van der Waals surface area contributed by atoms with Gasteiger partial charge in [0.1, 0.15) is 5.82 Å². The van der Waals surface area contributed by atoms with E-state index in [2.05, 4.69) is 5.32 Å². The van der Waals surface area contributed by atoms with Gasteiger partial charge < -0.3 is 10.1 Å². The van der Waals surface area contributed by atoms with Crippen LogP contribution in [0.4, 0.5) is 4.39 Å². The van der Waals surface area contributed by atoms with E-state index in [1.54, 1.807) is 0 Å². The molecule has 2 heterocycles. The summed E-state index contributed by atoms with van der Waals surface area (Å²) in [5.74, 6) is -1.38. The van der Waals surface area contributed by atoms with E-state index < -0.39 is 21.6 Å². The quantitative estimate of drug-likeness (QED) is 0.769. The number of carbonyl (C=O) groups excluding carboxylic acids is 1. The SMILES string of the molecule is O=C(NC[C@H]1CCCO1)C1CCN(S(=O)(=O)Cc2c(F)cccc2Cl)CC1. The van der Waals surface area contributed by atoms with Crippen molar-refractivity contribution in [3.8, 4) is 0 Å². The molecule has 2 aliphatic rings. The molecule has 1 aromatic rings. The van der Waals surface area contributed by atoms with Gasteiger partial charge in [0.25, 0.3) is 0 Å². The van der Waals surface area contributed by atoms with E-state index in [1.807, 2.05) is 0 Å². The number of sulfonamides is 1. The van der Waals surface area contributed by atoms with Crippen molar-refractivity contribution in [2.24, 2.45) is 5.92 Å². The molecule has 9 heteroatoms. The first kappa shape index (κ1) is 20.5. The summed E-state index contributed by atoms with van der Waals surface area (Å²) in [6, 6.07) is 4.11. The minimum Gasteiger partial charge on any atom is -0.376 e. The Morgan fingerprint density at radius 3 is 2.67 bits per heavy atom. The largest absolute Gasteiger partial charge is 0.376 e. The van der Waals surface area contributed by atoms with Gasteiger partial charge in [-0.3, -0.25) is 4.79 Å². The zero-order chi connectivity index (χ0) is 19.4. The van der Waals surface area contributed by atoms with Crippen LogP contribution in [-0.4, -0.2) is 51.0 Å². The lowest BCUT2D eigenvalue weighted by Gasteiger charge is -2.30. The number of benzene rings is 1. The summed E-state index contributed by atoms with van der Waals surface area (Å²) >= 11 is 5.94. The van der Waals surface area contributed by atoms with Crippen LogP contribution in [0.2, 0.25) is 5.02 Å². The summed E-state index contributed by atoms with van der Waals surface area (Å²) in [7, 11) is -3.70. The normalized spacial score (nSPS) is 22.1. The molecular formula is C18H24ClFN2O4S. The molecule has 2 saturated heterocycles. The fourth-order valence-electron chi connectivity index (χ4n) is 3.50. The van der Waals surface area contributed by atoms with Crippen molar-refractivity contribution in [2.45, 2.75) is 37.5 Å². The Bertz CT molecular complexity index is 755. The van der Waals surface area contributed by atoms with E-state index >= 15 is 0 Å². The van der Waals surface area contributed by atoms with E-state index in [4.69, 9.17) is 16.3 Å². The first-order valence-corrected chi connectivity index (χ1v) is 11.2. The lowest BCUT2D eigenvalue weighted by molar-refractivity contribution is -0.126. The van der Waals surface area contributed by atoms with Crippen molar-refractivity contribution in [1.82, 2.24) is 9.62 Å². The standard InChI is InChI=1S/C18H24ClFN2O4S/c19-16-4-1-5-17(20)15(16)12-27(24,25)22-8-6-13(7-9-22)18(23)21-11-14-3-2-10-26-14/h1,4-5,13-14H,2-3,6-12H2,(H,21,23)/t14-/m1/s1. The second-order valence-corrected chi connectivity index (χ2v) is 9.39. The van der Waals surface area contributed by atoms with Gasteiger partial charge in [-0.1, -0.05) is 17.7 Å². The number of nitrogens with one attached hydrogen (secondary N) is 1. The van der Waals surface area contributed by atoms with Gasteiger partial charge in [0.2, 0.25) is 15.9 Å². The zero-order valence-corrected chi connectivity index (χ0v) is 16.6. The number of hydrogen-bond acceptors (Lipinski definition) is 4. The van der Waals surface area contributed by atoms with Gasteiger partial charge in [-0.25, -0.2) is 17.1 Å². The van der Waals surface area contributed by atoms with Crippen molar-refractivity contribution in [1.29, 1.82) is 0 Å². The van der Waals surface area contributed by atoms with Crippen LogP contribution in [0.3, 0.4) is 0 Å². The van der Waals surface area contributed by atoms with Crippen LogP contribution in [0.5, 0.6) is 0 Å². The highest BCUT2D eigenvalue weighted by Crippen LogP contribution is 2.26. The van der Waals surface area contributed by atoms with Crippen LogP contribution in [-0.2, 0) is 25.3 Å². The molecule has 0 bridgehead atoms. The number of hydrogen-bond donors (Lipinski definition) is 1. The monoisotopic (exact) mass is 418 g/mol. The Balaban J connectivity index is 1.52. The topological polar surface area (TPSA) is 75.7 Å². The van der Waals surface area contributed by atoms with Crippen LogP contribution in [0.25, 0.3) is 0 Å². The molecule has 0 unspecified atom stereocenters. The van der Waals surface area contributed by atoms with Gasteiger partial charge in [0, 0.05) is 42.7 Å². The fourth-order valence-corrected chi connectivity index (χ4v) is 5.42. The van der Waals surface area contributed by atoms with Crippen LogP contribution in [0.15, 0.2) is 18.2 Å². The van der Waals surface area contributed by atoms with Crippen molar-refractivity contribution < 1.29 is 22.3 Å². The summed E-state index contributed by atoms with van der Waals surface area (Å²) in [6.45, 7) is 1.73. The highest BCUT2D eigenvalue weighted by Gasteiger charge is 2.32. The van der Waals surface area contributed by atoms with Gasteiger partial charge in [0.15, 0.2) is 0 Å². The summed E-state index contributed by atoms with van der Waals surface area (Å²) < 4.78 is 45.9. The van der Waals surface area contributed by atoms with E-state index in [0.717, 1.165) is 19.4 Å². The fraction of sp³-hybridized carbons (Fsp3) is 0.611. The van der Waals surface area contributed by atoms with Gasteiger partial charge >= 0.3 is 0 Å². The van der Waals surface area contributed by atoms with Crippen molar-refractivity contribution in [3.63, 3.8) is 0 Å². The van der Waals surface area contributed by atoms with Crippen LogP contribution < -0.4 is 5.32 Å². The average Bonchev–Trinajstić information content (AvgIpc) is 3.17. The third-order valence-corrected chi connectivity index (χ3v) is 7.29. The van der Waals surface area contributed by atoms with Gasteiger partial charge in [-0.2, -0.15) is 0 Å². The van der Waals surface area contributed by atoms with Gasteiger partial charge in [0.05, 0.1) is 11.9 Å². The minimum atomic E-state index is -3.70. The molecule has 6 nitrogen and oxygen atoms in total. The molecule has 0 spiro atoms. The maximum absolute atomic E-state index is 13.9. The van der Waals surface area contributed by atoms with Crippen LogP contribution in [0, 0.1) is 11.7 Å². The Kier molecular flexibility index (Phi) is 6.73. The maximum Gasteiger partial charge on any atom is 0.223 e. The van der Waals surface area contributed by atoms with Gasteiger partial charge in [-0.05, 0) is 37.8 Å². The molecule has 0 radical (unpaired) electrons. The molecule has 1 N–H and O–H groups in total. The minimum absolute atomic E-state index is 0.0180. The van der Waals surface area contributed by atoms with Crippen molar-refractivity contribution >= 4 is 27.5 Å². The first-order valence-electron chi connectivity index (χ1n) is 9.17. The molecule has 0 saturated carbocycles. The highest BCUT2D eigenvalue weighted by atomic mass is 35.5. The molecular weight excluding hydrogens is 395 g/mol. The number of halogens is 2. The Morgan fingerprint density at radius 2 is 2.04 bits per heavy atom. The van der Waals surface area contributed by atoms with E-state index in [-0.39, 0.29) is 41.6 Å². The number of carbonyl (C=O) groups is 1. The molecule has 2 fully saturated rings. The second-order valence-electron chi connectivity index (χ2n) is 7.01. The predicted octanol–water partition coefficient (Wildman–Crippen LogP) is 2.32. The molecule has 150 valence electrons. The number of piperidine rings is 1. The molecule has 0 aliphatic carbocycles. The Morgan fingerprint density at radius 1 is 1.30 bits per heavy atom. The number of rotatable bonds is 6. The number of nitrogens with zero attached hydrogens (tertiary/aromatic N) is 1. The second kappa shape index (κ2) is 8.86. The summed E-state index contributed by atoms with van der Waals surface area (Å²) in [5, 5.41) is 3.00. The third-order valence-electron chi connectivity index (χ3n) is 5.13. The molecule has 1 atom stereocenters. The van der Waals surface area contributed by atoms with Crippen LogP contribution in [0.1, 0.15) is 31.2 Å². The molecule has 0 aromatic heterocycles. The smallest absolute Gasteiger partial charge is 0.223 e. The van der Waals surface area contributed by atoms with Crippen molar-refractivity contribution in [3.05, 3.63) is 34.6 Å². The molecule has 2 aliphatic heterocycles. The third kappa shape index (κ3) is 5.19. The van der Waals surface area contributed by atoms with Crippen molar-refractivity contribution in [2.75, 3.05) is 26.2 Å². The van der Waals surface area contributed by atoms with Gasteiger partial charge in [-0.15, -0.1) is 0 Å². The molecule has 1 aromatic carbocycles. The Hall–Kier alpha value is -1.22. The zero-order valence-electron chi connectivity index (χ0n) is 15.0. The predicted molar refractivity (Wildman–Crippen MR) is 100 cm³/mol. The summed E-state index contributed by atoms with van der Waals surface area (Å²) in [6.07, 6.45) is 2.95. The van der Waals surface area contributed by atoms with E-state index in [1.165, 1.54) is 22.5 Å². The summed E-state index contributed by atoms with van der Waals surface area (Å²) in [5.41, 5.74) is -0.0180. The van der Waals surface area contributed by atoms with E-state index in [0.29, 0.717) is 19.4 Å². The molecule has 27 heavy (non-hydrogen) atoms. The first-order chi connectivity index (χ1) is 12.9. The Labute approximate surface area is 164 Å². The lowest BCUT2D eigenvalue weighted by Crippen LogP contribution is -2.44. The molecule has 1 amide bonds. The van der Waals surface area contributed by atoms with Crippen LogP contribution >= 0.6 is 11.6 Å². The molecule has 3 rings (SSSR count). The number of amides is 1.